The maximum atomic E-state index is 12.2. The van der Waals surface area contributed by atoms with E-state index in [1.54, 1.807) is 23.1 Å². The van der Waals surface area contributed by atoms with Crippen LogP contribution in [0.2, 0.25) is 0 Å². The van der Waals surface area contributed by atoms with Gasteiger partial charge in [0.05, 0.1) is 5.69 Å². The second-order valence-corrected chi connectivity index (χ2v) is 6.35. The van der Waals surface area contributed by atoms with E-state index in [-0.39, 0.29) is 12.5 Å². The number of rotatable bonds is 8. The van der Waals surface area contributed by atoms with Gasteiger partial charge in [0.2, 0.25) is 0 Å². The smallest absolute Gasteiger partial charge is 0.262 e. The number of hydrogen-bond donors (Lipinski definition) is 2. The number of aromatic amines is 1. The quantitative estimate of drug-likeness (QED) is 0.481. The van der Waals surface area contributed by atoms with Gasteiger partial charge in [0.1, 0.15) is 24.4 Å². The number of benzene rings is 3. The van der Waals surface area contributed by atoms with Crippen molar-refractivity contribution in [2.45, 2.75) is 6.61 Å². The van der Waals surface area contributed by atoms with E-state index < -0.39 is 0 Å². The molecule has 0 bridgehead atoms. The fraction of sp³-hybridized carbons (Fsp3) is 0.0909. The summed E-state index contributed by atoms with van der Waals surface area (Å²) in [4.78, 5) is 12.2. The summed E-state index contributed by atoms with van der Waals surface area (Å²) in [6.45, 7) is 0.369. The number of nitrogens with one attached hydrogen (secondary N) is 2. The molecule has 146 valence electrons. The predicted molar refractivity (Wildman–Crippen MR) is 109 cm³/mol. The predicted octanol–water partition coefficient (Wildman–Crippen LogP) is 3.80. The van der Waals surface area contributed by atoms with Gasteiger partial charge in [0.15, 0.2) is 6.61 Å². The molecule has 7 heteroatoms. The lowest BCUT2D eigenvalue weighted by Gasteiger charge is -2.12. The molecule has 0 aliphatic rings. The second-order valence-electron chi connectivity index (χ2n) is 6.35. The molecule has 1 amide bonds. The minimum absolute atomic E-state index is 0.0972. The lowest BCUT2D eigenvalue weighted by Crippen LogP contribution is -2.20. The summed E-state index contributed by atoms with van der Waals surface area (Å²) in [5, 5.41) is 9.39. The largest absolute Gasteiger partial charge is 0.489 e. The lowest BCUT2D eigenvalue weighted by atomic mass is 10.2. The monoisotopic (exact) mass is 388 g/mol. The average molecular weight is 388 g/mol. The van der Waals surface area contributed by atoms with E-state index in [0.717, 1.165) is 11.3 Å². The molecular formula is C22H20N4O3. The summed E-state index contributed by atoms with van der Waals surface area (Å²) >= 11 is 0. The Kier molecular flexibility index (Phi) is 5.57. The number of hydrogen-bond acceptors (Lipinski definition) is 4. The summed E-state index contributed by atoms with van der Waals surface area (Å²) < 4.78 is 13.1. The first-order chi connectivity index (χ1) is 14.3. The van der Waals surface area contributed by atoms with Gasteiger partial charge in [-0.05, 0) is 29.8 Å². The van der Waals surface area contributed by atoms with Crippen LogP contribution in [-0.2, 0) is 11.4 Å². The van der Waals surface area contributed by atoms with E-state index in [0.29, 0.717) is 23.8 Å². The van der Waals surface area contributed by atoms with Gasteiger partial charge in [0, 0.05) is 17.8 Å². The normalized spacial score (nSPS) is 10.5. The average Bonchev–Trinajstić information content (AvgIpc) is 2.71. The third-order valence-corrected chi connectivity index (χ3v) is 4.17. The van der Waals surface area contributed by atoms with Gasteiger partial charge in [-0.25, -0.2) is 9.90 Å². The van der Waals surface area contributed by atoms with Crippen molar-refractivity contribution in [1.82, 2.24) is 15.0 Å². The first-order valence-electron chi connectivity index (χ1n) is 9.14. The molecule has 2 N–H and O–H groups in total. The van der Waals surface area contributed by atoms with Crippen LogP contribution in [-0.4, -0.2) is 27.5 Å². The van der Waals surface area contributed by atoms with Crippen LogP contribution in [0, 0.1) is 0 Å². The molecule has 0 fully saturated rings. The van der Waals surface area contributed by atoms with Crippen molar-refractivity contribution in [2.75, 3.05) is 11.9 Å². The highest BCUT2D eigenvalue weighted by Gasteiger charge is 2.06. The van der Waals surface area contributed by atoms with Gasteiger partial charge < -0.3 is 14.8 Å². The van der Waals surface area contributed by atoms with E-state index in [9.17, 15) is 4.79 Å². The highest BCUT2D eigenvalue weighted by molar-refractivity contribution is 5.92. The standard InChI is InChI=1S/C22H20N4O3/c27-22(15-29-21-11-5-9-19(13-21)26-16-23-25-26)24-18-8-4-10-20(12-18)28-14-17-6-2-1-3-7-17/h1-13,16,25H,14-15H2,(H,24,27). The zero-order chi connectivity index (χ0) is 19.9. The van der Waals surface area contributed by atoms with Crippen LogP contribution in [0.5, 0.6) is 11.5 Å². The molecule has 0 spiro atoms. The summed E-state index contributed by atoms with van der Waals surface area (Å²) in [5.41, 5.74) is 2.61. The summed E-state index contributed by atoms with van der Waals surface area (Å²) in [7, 11) is 0. The van der Waals surface area contributed by atoms with Crippen LogP contribution in [0.3, 0.4) is 0 Å². The first kappa shape index (κ1) is 18.4. The van der Waals surface area contributed by atoms with Crippen molar-refractivity contribution in [2.24, 2.45) is 0 Å². The van der Waals surface area contributed by atoms with Crippen molar-refractivity contribution >= 4 is 11.6 Å². The van der Waals surface area contributed by atoms with Crippen molar-refractivity contribution in [1.29, 1.82) is 0 Å². The molecule has 7 nitrogen and oxygen atoms in total. The van der Waals surface area contributed by atoms with Gasteiger partial charge in [-0.1, -0.05) is 42.5 Å². The second kappa shape index (κ2) is 8.79. The highest BCUT2D eigenvalue weighted by atomic mass is 16.5. The molecule has 29 heavy (non-hydrogen) atoms. The van der Waals surface area contributed by atoms with Crippen molar-refractivity contribution in [3.05, 3.63) is 90.8 Å². The first-order valence-corrected chi connectivity index (χ1v) is 9.14. The van der Waals surface area contributed by atoms with Crippen LogP contribution < -0.4 is 14.8 Å². The number of carbonyl (C=O) groups is 1. The number of amides is 1. The molecule has 4 aromatic rings. The summed E-state index contributed by atoms with van der Waals surface area (Å²) in [6, 6.07) is 24.6. The molecule has 0 saturated heterocycles. The van der Waals surface area contributed by atoms with E-state index in [4.69, 9.17) is 9.47 Å². The van der Waals surface area contributed by atoms with Gasteiger partial charge in [0.25, 0.3) is 5.91 Å². The molecule has 0 saturated carbocycles. The molecule has 0 unspecified atom stereocenters. The molecule has 0 aliphatic carbocycles. The number of ether oxygens (including phenoxy) is 2. The van der Waals surface area contributed by atoms with Crippen LogP contribution >= 0.6 is 0 Å². The number of anilines is 1. The Hall–Kier alpha value is -4.00. The van der Waals surface area contributed by atoms with Crippen molar-refractivity contribution in [3.63, 3.8) is 0 Å². The van der Waals surface area contributed by atoms with Crippen LogP contribution in [0.25, 0.3) is 5.69 Å². The molecule has 0 radical (unpaired) electrons. The van der Waals surface area contributed by atoms with Crippen LogP contribution in [0.15, 0.2) is 85.2 Å². The third kappa shape index (κ3) is 5.04. The van der Waals surface area contributed by atoms with Crippen LogP contribution in [0.4, 0.5) is 5.69 Å². The van der Waals surface area contributed by atoms with E-state index in [1.165, 1.54) is 0 Å². The Bertz CT molecular complexity index is 1060. The Labute approximate surface area is 167 Å². The Balaban J connectivity index is 1.30. The molecule has 0 atom stereocenters. The maximum absolute atomic E-state index is 12.2. The zero-order valence-corrected chi connectivity index (χ0v) is 15.6. The number of carbonyl (C=O) groups excluding carboxylic acids is 1. The summed E-state index contributed by atoms with van der Waals surface area (Å²) in [6.07, 6.45) is 1.65. The van der Waals surface area contributed by atoms with Crippen molar-refractivity contribution in [3.8, 4) is 17.2 Å². The van der Waals surface area contributed by atoms with Crippen molar-refractivity contribution < 1.29 is 14.3 Å². The fourth-order valence-electron chi connectivity index (χ4n) is 2.71. The van der Waals surface area contributed by atoms with Crippen LogP contribution in [0.1, 0.15) is 5.56 Å². The number of nitrogens with zero attached hydrogens (tertiary/aromatic N) is 2. The Morgan fingerprint density at radius 3 is 2.45 bits per heavy atom. The Morgan fingerprint density at radius 1 is 0.931 bits per heavy atom. The van der Waals surface area contributed by atoms with Gasteiger partial charge in [-0.2, -0.15) is 0 Å². The minimum atomic E-state index is -0.251. The minimum Gasteiger partial charge on any atom is -0.489 e. The highest BCUT2D eigenvalue weighted by Crippen LogP contribution is 2.19. The molecule has 0 aliphatic heterocycles. The SMILES string of the molecule is O=C(COc1cccc(-n2cn[nH]2)c1)Nc1cccc(OCc2ccccc2)c1. The molecule has 4 rings (SSSR count). The van der Waals surface area contributed by atoms with E-state index in [2.05, 4.69) is 15.6 Å². The molecule has 3 aromatic carbocycles. The number of H-pyrrole nitrogens is 1. The van der Waals surface area contributed by atoms with Gasteiger partial charge >= 0.3 is 0 Å². The fourth-order valence-corrected chi connectivity index (χ4v) is 2.71. The zero-order valence-electron chi connectivity index (χ0n) is 15.6. The van der Waals surface area contributed by atoms with Gasteiger partial charge in [-0.15, -0.1) is 5.10 Å². The molecule has 1 aromatic heterocycles. The number of aromatic nitrogens is 3. The van der Waals surface area contributed by atoms with E-state index >= 15 is 0 Å². The van der Waals surface area contributed by atoms with Gasteiger partial charge in [-0.3, -0.25) is 4.79 Å². The van der Waals surface area contributed by atoms with E-state index in [1.807, 2.05) is 66.7 Å². The molecular weight excluding hydrogens is 368 g/mol. The Morgan fingerprint density at radius 2 is 1.69 bits per heavy atom. The lowest BCUT2D eigenvalue weighted by molar-refractivity contribution is -0.118. The molecule has 1 heterocycles. The topological polar surface area (TPSA) is 81.2 Å². The summed E-state index contributed by atoms with van der Waals surface area (Å²) in [5.74, 6) is 1.03. The third-order valence-electron chi connectivity index (χ3n) is 4.17. The maximum Gasteiger partial charge on any atom is 0.262 e.